The maximum absolute atomic E-state index is 6.00. The summed E-state index contributed by atoms with van der Waals surface area (Å²) >= 11 is 6.00. The molecule has 86 valence electrons. The Bertz CT molecular complexity index is 397. The maximum Gasteiger partial charge on any atom is 0.0642 e. The van der Waals surface area contributed by atoms with E-state index in [1.54, 1.807) is 0 Å². The first kappa shape index (κ1) is 11.3. The monoisotopic (exact) mass is 237 g/mol. The third kappa shape index (κ3) is 2.31. The van der Waals surface area contributed by atoms with Gasteiger partial charge in [0, 0.05) is 31.9 Å². The highest BCUT2D eigenvalue weighted by molar-refractivity contribution is 6.33. The lowest BCUT2D eigenvalue weighted by Gasteiger charge is -2.31. The van der Waals surface area contributed by atoms with Crippen molar-refractivity contribution >= 4 is 23.0 Å². The Hall–Kier alpha value is -1.19. The summed E-state index contributed by atoms with van der Waals surface area (Å²) < 4.78 is 0. The van der Waals surface area contributed by atoms with Gasteiger partial charge < -0.3 is 16.0 Å². The van der Waals surface area contributed by atoms with Gasteiger partial charge in [0.2, 0.25) is 0 Å². The summed E-state index contributed by atoms with van der Waals surface area (Å²) in [6.07, 6.45) is 0. The predicted octanol–water partition coefficient (Wildman–Crippen LogP) is 1.80. The SMILES string of the molecule is C=C(c1ccc(N)c(Cl)c1)N1CCNCC1. The molecule has 0 spiro atoms. The minimum absolute atomic E-state index is 0.591. The van der Waals surface area contributed by atoms with Crippen LogP contribution in [0.2, 0.25) is 5.02 Å². The van der Waals surface area contributed by atoms with Gasteiger partial charge in [-0.05, 0) is 17.7 Å². The molecule has 1 saturated heterocycles. The lowest BCUT2D eigenvalue weighted by atomic mass is 10.1. The van der Waals surface area contributed by atoms with Gasteiger partial charge in [-0.1, -0.05) is 24.2 Å². The molecule has 0 amide bonds. The highest BCUT2D eigenvalue weighted by atomic mass is 35.5. The predicted molar refractivity (Wildman–Crippen MR) is 69.3 cm³/mol. The molecule has 16 heavy (non-hydrogen) atoms. The molecule has 4 heteroatoms. The molecule has 1 aromatic rings. The van der Waals surface area contributed by atoms with Crippen LogP contribution in [0.3, 0.4) is 0 Å². The molecule has 1 fully saturated rings. The van der Waals surface area contributed by atoms with E-state index in [4.69, 9.17) is 17.3 Å². The van der Waals surface area contributed by atoms with E-state index < -0.39 is 0 Å². The van der Waals surface area contributed by atoms with Gasteiger partial charge in [-0.3, -0.25) is 0 Å². The normalized spacial score (nSPS) is 16.2. The Kier molecular flexibility index (Phi) is 3.36. The number of nitrogens with two attached hydrogens (primary N) is 1. The second-order valence-corrected chi connectivity index (χ2v) is 4.33. The van der Waals surface area contributed by atoms with Crippen molar-refractivity contribution in [3.63, 3.8) is 0 Å². The van der Waals surface area contributed by atoms with Crippen molar-refractivity contribution in [3.8, 4) is 0 Å². The number of nitrogens with zero attached hydrogens (tertiary/aromatic N) is 1. The van der Waals surface area contributed by atoms with E-state index in [0.29, 0.717) is 10.7 Å². The fourth-order valence-corrected chi connectivity index (χ4v) is 2.00. The number of rotatable bonds is 2. The number of anilines is 1. The molecule has 0 bridgehead atoms. The van der Waals surface area contributed by atoms with Crippen LogP contribution in [0.4, 0.5) is 5.69 Å². The maximum atomic E-state index is 6.00. The molecule has 0 aliphatic carbocycles. The van der Waals surface area contributed by atoms with Crippen LogP contribution >= 0.6 is 11.6 Å². The Morgan fingerprint density at radius 2 is 2.06 bits per heavy atom. The van der Waals surface area contributed by atoms with Crippen molar-refractivity contribution < 1.29 is 0 Å². The van der Waals surface area contributed by atoms with Gasteiger partial charge in [-0.2, -0.15) is 0 Å². The topological polar surface area (TPSA) is 41.3 Å². The Balaban J connectivity index is 2.16. The van der Waals surface area contributed by atoms with Crippen molar-refractivity contribution in [2.45, 2.75) is 0 Å². The van der Waals surface area contributed by atoms with Crippen molar-refractivity contribution in [1.82, 2.24) is 10.2 Å². The Morgan fingerprint density at radius 1 is 1.38 bits per heavy atom. The summed E-state index contributed by atoms with van der Waals surface area (Å²) in [7, 11) is 0. The van der Waals surface area contributed by atoms with Crippen molar-refractivity contribution in [3.05, 3.63) is 35.4 Å². The number of nitrogen functional groups attached to an aromatic ring is 1. The largest absolute Gasteiger partial charge is 0.398 e. The van der Waals surface area contributed by atoms with Crippen LogP contribution in [-0.4, -0.2) is 31.1 Å². The molecule has 3 nitrogen and oxygen atoms in total. The average Bonchev–Trinajstić information content (AvgIpc) is 2.33. The van der Waals surface area contributed by atoms with Crippen LogP contribution < -0.4 is 11.1 Å². The van der Waals surface area contributed by atoms with Gasteiger partial charge in [0.15, 0.2) is 0 Å². The molecule has 0 radical (unpaired) electrons. The number of hydrogen-bond acceptors (Lipinski definition) is 3. The third-order valence-electron chi connectivity index (χ3n) is 2.83. The molecule has 0 atom stereocenters. The summed E-state index contributed by atoms with van der Waals surface area (Å²) in [4.78, 5) is 2.26. The molecule has 1 heterocycles. The van der Waals surface area contributed by atoms with Crippen LogP contribution in [0.15, 0.2) is 24.8 Å². The van der Waals surface area contributed by atoms with Crippen LogP contribution in [0, 0.1) is 0 Å². The first-order valence-corrected chi connectivity index (χ1v) is 5.76. The summed E-state index contributed by atoms with van der Waals surface area (Å²) in [6.45, 7) is 8.10. The lowest BCUT2D eigenvalue weighted by Crippen LogP contribution is -2.42. The number of nitrogens with one attached hydrogen (secondary N) is 1. The van der Waals surface area contributed by atoms with Gasteiger partial charge >= 0.3 is 0 Å². The average molecular weight is 238 g/mol. The first-order valence-electron chi connectivity index (χ1n) is 5.38. The zero-order valence-electron chi connectivity index (χ0n) is 9.17. The first-order chi connectivity index (χ1) is 7.68. The zero-order valence-corrected chi connectivity index (χ0v) is 9.93. The van der Waals surface area contributed by atoms with Crippen LogP contribution in [0.25, 0.3) is 5.70 Å². The van der Waals surface area contributed by atoms with E-state index in [1.165, 1.54) is 0 Å². The standard InChI is InChI=1S/C12H16ClN3/c1-9(16-6-4-15-5-7-16)10-2-3-12(14)11(13)8-10/h2-3,8,15H,1,4-7,14H2. The van der Waals surface area contributed by atoms with Crippen molar-refractivity contribution in [1.29, 1.82) is 0 Å². The molecule has 3 N–H and O–H groups in total. The number of benzene rings is 1. The summed E-state index contributed by atoms with van der Waals surface area (Å²) in [5.41, 5.74) is 8.35. The second kappa shape index (κ2) is 4.76. The van der Waals surface area contributed by atoms with Crippen LogP contribution in [0.5, 0.6) is 0 Å². The number of piperazine rings is 1. The smallest absolute Gasteiger partial charge is 0.0642 e. The minimum atomic E-state index is 0.591. The summed E-state index contributed by atoms with van der Waals surface area (Å²) in [5.74, 6) is 0. The molecule has 0 unspecified atom stereocenters. The molecule has 0 aromatic heterocycles. The fraction of sp³-hybridized carbons (Fsp3) is 0.333. The summed E-state index contributed by atoms with van der Waals surface area (Å²) in [6, 6.07) is 5.66. The third-order valence-corrected chi connectivity index (χ3v) is 3.16. The van der Waals surface area contributed by atoms with Crippen molar-refractivity contribution in [2.24, 2.45) is 0 Å². The van der Waals surface area contributed by atoms with E-state index >= 15 is 0 Å². The fourth-order valence-electron chi connectivity index (χ4n) is 1.82. The van der Waals surface area contributed by atoms with E-state index in [0.717, 1.165) is 37.4 Å². The molecule has 1 aliphatic rings. The van der Waals surface area contributed by atoms with Gasteiger partial charge in [0.05, 0.1) is 10.7 Å². The number of halogens is 1. The zero-order chi connectivity index (χ0) is 11.5. The van der Waals surface area contributed by atoms with E-state index in [9.17, 15) is 0 Å². The van der Waals surface area contributed by atoms with Crippen LogP contribution in [-0.2, 0) is 0 Å². The molecule has 1 aliphatic heterocycles. The number of hydrogen-bond donors (Lipinski definition) is 2. The Morgan fingerprint density at radius 3 is 2.69 bits per heavy atom. The second-order valence-electron chi connectivity index (χ2n) is 3.92. The lowest BCUT2D eigenvalue weighted by molar-refractivity contribution is 0.341. The quantitative estimate of drug-likeness (QED) is 0.771. The van der Waals surface area contributed by atoms with Crippen LogP contribution in [0.1, 0.15) is 5.56 Å². The highest BCUT2D eigenvalue weighted by Gasteiger charge is 2.13. The van der Waals surface area contributed by atoms with E-state index in [1.807, 2.05) is 18.2 Å². The molecular weight excluding hydrogens is 222 g/mol. The molecular formula is C12H16ClN3. The molecule has 2 rings (SSSR count). The van der Waals surface area contributed by atoms with Gasteiger partial charge in [-0.15, -0.1) is 0 Å². The summed E-state index contributed by atoms with van der Waals surface area (Å²) in [5, 5.41) is 3.90. The minimum Gasteiger partial charge on any atom is -0.398 e. The molecule has 1 aromatic carbocycles. The van der Waals surface area contributed by atoms with E-state index in [2.05, 4.69) is 16.8 Å². The Labute approximate surface area is 101 Å². The van der Waals surface area contributed by atoms with Crippen molar-refractivity contribution in [2.75, 3.05) is 31.9 Å². The highest BCUT2D eigenvalue weighted by Crippen LogP contribution is 2.25. The van der Waals surface area contributed by atoms with Gasteiger partial charge in [-0.25, -0.2) is 0 Å². The van der Waals surface area contributed by atoms with Gasteiger partial charge in [0.25, 0.3) is 0 Å². The van der Waals surface area contributed by atoms with Gasteiger partial charge in [0.1, 0.15) is 0 Å². The molecule has 0 saturated carbocycles. The van der Waals surface area contributed by atoms with E-state index in [-0.39, 0.29) is 0 Å².